The molecule has 0 aliphatic carbocycles. The molecule has 0 aliphatic heterocycles. The molecule has 0 unspecified atom stereocenters. The molecular weight excluding hydrogens is 176 g/mol. The van der Waals surface area contributed by atoms with Crippen LogP contribution in [0.2, 0.25) is 0 Å². The molecular formula is C10H18N4. The number of anilines is 1. The molecule has 4 heteroatoms. The Morgan fingerprint density at radius 2 is 2.14 bits per heavy atom. The Morgan fingerprint density at radius 1 is 1.43 bits per heavy atom. The highest BCUT2D eigenvalue weighted by atomic mass is 15.2. The summed E-state index contributed by atoms with van der Waals surface area (Å²) in [5.41, 5.74) is 6.65. The summed E-state index contributed by atoms with van der Waals surface area (Å²) >= 11 is 0. The zero-order valence-electron chi connectivity index (χ0n) is 9.12. The van der Waals surface area contributed by atoms with Crippen molar-refractivity contribution in [1.82, 2.24) is 9.97 Å². The van der Waals surface area contributed by atoms with Gasteiger partial charge in [-0.15, -0.1) is 0 Å². The van der Waals surface area contributed by atoms with Crippen molar-refractivity contribution in [3.63, 3.8) is 0 Å². The average Bonchev–Trinajstić information content (AvgIpc) is 2.18. The van der Waals surface area contributed by atoms with Crippen LogP contribution >= 0.6 is 0 Å². The first-order valence-electron chi connectivity index (χ1n) is 4.91. The maximum absolute atomic E-state index is 5.53. The van der Waals surface area contributed by atoms with E-state index in [9.17, 15) is 0 Å². The molecule has 1 rings (SSSR count). The number of hydrogen-bond acceptors (Lipinski definition) is 4. The van der Waals surface area contributed by atoms with Crippen LogP contribution in [0.4, 0.5) is 5.82 Å². The predicted molar refractivity (Wildman–Crippen MR) is 58.5 cm³/mol. The fourth-order valence-electron chi connectivity index (χ4n) is 1.32. The third-order valence-electron chi connectivity index (χ3n) is 2.05. The Morgan fingerprint density at radius 3 is 2.64 bits per heavy atom. The summed E-state index contributed by atoms with van der Waals surface area (Å²) in [6.45, 7) is 2.69. The van der Waals surface area contributed by atoms with E-state index in [1.54, 1.807) is 0 Å². The molecule has 4 nitrogen and oxygen atoms in total. The van der Waals surface area contributed by atoms with Crippen molar-refractivity contribution in [3.05, 3.63) is 17.6 Å². The average molecular weight is 194 g/mol. The van der Waals surface area contributed by atoms with Gasteiger partial charge in [-0.25, -0.2) is 9.97 Å². The highest BCUT2D eigenvalue weighted by Gasteiger charge is 2.07. The van der Waals surface area contributed by atoms with E-state index >= 15 is 0 Å². The monoisotopic (exact) mass is 194 g/mol. The fraction of sp³-hybridized carbons (Fsp3) is 0.600. The molecule has 0 spiro atoms. The van der Waals surface area contributed by atoms with Gasteiger partial charge in [0.05, 0.1) is 0 Å². The van der Waals surface area contributed by atoms with E-state index in [2.05, 4.69) is 16.9 Å². The van der Waals surface area contributed by atoms with E-state index in [1.807, 2.05) is 25.2 Å². The lowest BCUT2D eigenvalue weighted by atomic mass is 10.2. The maximum atomic E-state index is 5.53. The molecule has 1 heterocycles. The number of aromatic nitrogens is 2. The minimum absolute atomic E-state index is 0.635. The highest BCUT2D eigenvalue weighted by molar-refractivity contribution is 5.44. The minimum atomic E-state index is 0.635. The van der Waals surface area contributed by atoms with Gasteiger partial charge < -0.3 is 10.6 Å². The first-order valence-corrected chi connectivity index (χ1v) is 4.91. The SMILES string of the molecule is CCc1ncc(CCN)c(N(C)C)n1. The molecule has 2 N–H and O–H groups in total. The van der Waals surface area contributed by atoms with Gasteiger partial charge in [0.15, 0.2) is 0 Å². The zero-order chi connectivity index (χ0) is 10.6. The van der Waals surface area contributed by atoms with Gasteiger partial charge >= 0.3 is 0 Å². The van der Waals surface area contributed by atoms with Crippen LogP contribution in [-0.4, -0.2) is 30.6 Å². The second kappa shape index (κ2) is 4.91. The van der Waals surface area contributed by atoms with Crippen LogP contribution in [-0.2, 0) is 12.8 Å². The van der Waals surface area contributed by atoms with E-state index in [4.69, 9.17) is 5.73 Å². The summed E-state index contributed by atoms with van der Waals surface area (Å²) in [5, 5.41) is 0. The van der Waals surface area contributed by atoms with Crippen LogP contribution in [0.3, 0.4) is 0 Å². The quantitative estimate of drug-likeness (QED) is 0.763. The first kappa shape index (κ1) is 10.9. The van der Waals surface area contributed by atoms with E-state index in [0.717, 1.165) is 30.0 Å². The third kappa shape index (κ3) is 2.42. The van der Waals surface area contributed by atoms with Crippen molar-refractivity contribution in [3.8, 4) is 0 Å². The number of hydrogen-bond donors (Lipinski definition) is 1. The number of nitrogens with two attached hydrogens (primary N) is 1. The molecule has 1 aromatic rings. The van der Waals surface area contributed by atoms with Gasteiger partial charge in [0.2, 0.25) is 0 Å². The van der Waals surface area contributed by atoms with E-state index < -0.39 is 0 Å². The second-order valence-electron chi connectivity index (χ2n) is 3.42. The summed E-state index contributed by atoms with van der Waals surface area (Å²) in [6.07, 6.45) is 3.58. The van der Waals surface area contributed by atoms with E-state index in [-0.39, 0.29) is 0 Å². The maximum Gasteiger partial charge on any atom is 0.135 e. The standard InChI is InChI=1S/C10H18N4/c1-4-9-12-7-8(5-6-11)10(13-9)14(2)3/h7H,4-6,11H2,1-3H3. The lowest BCUT2D eigenvalue weighted by Crippen LogP contribution is -2.16. The predicted octanol–water partition coefficient (Wildman–Crippen LogP) is 0.606. The van der Waals surface area contributed by atoms with Gasteiger partial charge in [-0.3, -0.25) is 0 Å². The highest BCUT2D eigenvalue weighted by Crippen LogP contribution is 2.14. The normalized spacial score (nSPS) is 10.3. The number of nitrogens with zero attached hydrogens (tertiary/aromatic N) is 3. The third-order valence-corrected chi connectivity index (χ3v) is 2.05. The Kier molecular flexibility index (Phi) is 3.83. The molecule has 14 heavy (non-hydrogen) atoms. The number of rotatable bonds is 4. The van der Waals surface area contributed by atoms with Crippen molar-refractivity contribution in [1.29, 1.82) is 0 Å². The van der Waals surface area contributed by atoms with Gasteiger partial charge in [0, 0.05) is 32.3 Å². The van der Waals surface area contributed by atoms with E-state index in [1.165, 1.54) is 0 Å². The molecule has 0 radical (unpaired) electrons. The van der Waals surface area contributed by atoms with Gasteiger partial charge in [0.1, 0.15) is 11.6 Å². The van der Waals surface area contributed by atoms with Crippen molar-refractivity contribution in [2.45, 2.75) is 19.8 Å². The Balaban J connectivity index is 3.03. The van der Waals surface area contributed by atoms with Crippen LogP contribution in [0.5, 0.6) is 0 Å². The van der Waals surface area contributed by atoms with Gasteiger partial charge in [-0.05, 0) is 13.0 Å². The van der Waals surface area contributed by atoms with Crippen molar-refractivity contribution in [2.24, 2.45) is 5.73 Å². The van der Waals surface area contributed by atoms with Crippen molar-refractivity contribution < 1.29 is 0 Å². The molecule has 0 saturated heterocycles. The Bertz CT molecular complexity index is 296. The van der Waals surface area contributed by atoms with Crippen molar-refractivity contribution in [2.75, 3.05) is 25.5 Å². The minimum Gasteiger partial charge on any atom is -0.362 e. The summed E-state index contributed by atoms with van der Waals surface area (Å²) in [7, 11) is 3.98. The summed E-state index contributed by atoms with van der Waals surface area (Å²) in [5.74, 6) is 1.87. The van der Waals surface area contributed by atoms with Crippen LogP contribution in [0, 0.1) is 0 Å². The van der Waals surface area contributed by atoms with Crippen LogP contribution < -0.4 is 10.6 Å². The Hall–Kier alpha value is -1.16. The van der Waals surface area contributed by atoms with Gasteiger partial charge in [-0.2, -0.15) is 0 Å². The second-order valence-corrected chi connectivity index (χ2v) is 3.42. The molecule has 0 fully saturated rings. The molecule has 0 saturated carbocycles. The van der Waals surface area contributed by atoms with E-state index in [0.29, 0.717) is 6.54 Å². The largest absolute Gasteiger partial charge is 0.362 e. The molecule has 0 atom stereocenters. The zero-order valence-corrected chi connectivity index (χ0v) is 9.12. The molecule has 0 bridgehead atoms. The molecule has 0 aliphatic rings. The molecule has 78 valence electrons. The molecule has 1 aromatic heterocycles. The summed E-state index contributed by atoms with van der Waals surface area (Å²) < 4.78 is 0. The topological polar surface area (TPSA) is 55.0 Å². The fourth-order valence-corrected chi connectivity index (χ4v) is 1.32. The van der Waals surface area contributed by atoms with Crippen molar-refractivity contribution >= 4 is 5.82 Å². The van der Waals surface area contributed by atoms with Crippen LogP contribution in [0.1, 0.15) is 18.3 Å². The molecule has 0 amide bonds. The van der Waals surface area contributed by atoms with Gasteiger partial charge in [0.25, 0.3) is 0 Å². The summed E-state index contributed by atoms with van der Waals surface area (Å²) in [6, 6.07) is 0. The van der Waals surface area contributed by atoms with Crippen LogP contribution in [0.15, 0.2) is 6.20 Å². The smallest absolute Gasteiger partial charge is 0.135 e. The van der Waals surface area contributed by atoms with Crippen LogP contribution in [0.25, 0.3) is 0 Å². The lowest BCUT2D eigenvalue weighted by Gasteiger charge is -2.16. The molecule has 0 aromatic carbocycles. The number of aryl methyl sites for hydroxylation is 1. The lowest BCUT2D eigenvalue weighted by molar-refractivity contribution is 0.868. The Labute approximate surface area is 85.2 Å². The van der Waals surface area contributed by atoms with Gasteiger partial charge in [-0.1, -0.05) is 6.92 Å². The first-order chi connectivity index (χ1) is 6.69. The summed E-state index contributed by atoms with van der Waals surface area (Å²) in [4.78, 5) is 10.7.